The van der Waals surface area contributed by atoms with Gasteiger partial charge in [0, 0.05) is 0 Å². The molecule has 0 spiro atoms. The van der Waals surface area contributed by atoms with Crippen LogP contribution in [0.2, 0.25) is 0 Å². The van der Waals surface area contributed by atoms with Crippen molar-refractivity contribution in [2.24, 2.45) is 0 Å². The SMILES string of the molecule is C[CH-]C.[C-]1=CC=CC1.[Cl-].[Cl-].[Cl-].[Ti+3]. The summed E-state index contributed by atoms with van der Waals surface area (Å²) in [6.45, 7) is 4.00. The summed E-state index contributed by atoms with van der Waals surface area (Å²) >= 11 is 0. The van der Waals surface area contributed by atoms with Crippen LogP contribution >= 0.6 is 0 Å². The van der Waals surface area contributed by atoms with Crippen molar-refractivity contribution in [1.82, 2.24) is 0 Å². The molecule has 0 aromatic rings. The van der Waals surface area contributed by atoms with Crippen LogP contribution in [0.15, 0.2) is 18.2 Å². The molecule has 12 heavy (non-hydrogen) atoms. The normalized spacial score (nSPS) is 8.83. The molecular formula is C8H12Cl3Ti-2. The van der Waals surface area contributed by atoms with Crippen LogP contribution in [-0.4, -0.2) is 0 Å². The molecule has 0 saturated heterocycles. The van der Waals surface area contributed by atoms with Crippen molar-refractivity contribution < 1.29 is 58.9 Å². The van der Waals surface area contributed by atoms with E-state index in [-0.39, 0.29) is 58.9 Å². The fourth-order valence-electron chi connectivity index (χ4n) is 0.340. The smallest absolute Gasteiger partial charge is 1.00 e. The Kier molecular flexibility index (Phi) is 72.1. The molecule has 0 nitrogen and oxygen atoms in total. The second-order valence-electron chi connectivity index (χ2n) is 1.58. The van der Waals surface area contributed by atoms with E-state index < -0.39 is 0 Å². The Morgan fingerprint density at radius 1 is 1.17 bits per heavy atom. The summed E-state index contributed by atoms with van der Waals surface area (Å²) in [5.74, 6) is 0. The molecule has 1 rings (SSSR count). The molecule has 0 aromatic heterocycles. The zero-order valence-corrected chi connectivity index (χ0v) is 11.0. The summed E-state index contributed by atoms with van der Waals surface area (Å²) in [4.78, 5) is 0. The first-order valence-corrected chi connectivity index (χ1v) is 2.87. The molecule has 71 valence electrons. The van der Waals surface area contributed by atoms with Gasteiger partial charge < -0.3 is 43.6 Å². The topological polar surface area (TPSA) is 0 Å². The second-order valence-corrected chi connectivity index (χ2v) is 1.58. The molecule has 0 bridgehead atoms. The largest absolute Gasteiger partial charge is 3.00 e. The van der Waals surface area contributed by atoms with Crippen LogP contribution in [0.4, 0.5) is 0 Å². The number of hydrogen-bond acceptors (Lipinski definition) is 0. The van der Waals surface area contributed by atoms with Crippen LogP contribution in [0.3, 0.4) is 0 Å². The number of rotatable bonds is 0. The summed E-state index contributed by atoms with van der Waals surface area (Å²) in [6.07, 6.45) is 12.0. The molecule has 0 unspecified atom stereocenters. The second kappa shape index (κ2) is 29.6. The minimum absolute atomic E-state index is 0. The van der Waals surface area contributed by atoms with Crippen molar-refractivity contribution in [3.63, 3.8) is 0 Å². The Morgan fingerprint density at radius 2 is 1.58 bits per heavy atom. The van der Waals surface area contributed by atoms with Crippen molar-refractivity contribution in [3.05, 3.63) is 30.7 Å². The first-order chi connectivity index (χ1) is 3.91. The van der Waals surface area contributed by atoms with E-state index in [2.05, 4.69) is 12.2 Å². The van der Waals surface area contributed by atoms with Crippen LogP contribution in [0, 0.1) is 12.5 Å². The maximum absolute atomic E-state index is 2.99. The van der Waals surface area contributed by atoms with Crippen molar-refractivity contribution in [3.8, 4) is 0 Å². The number of allylic oxidation sites excluding steroid dienone is 4. The van der Waals surface area contributed by atoms with Crippen molar-refractivity contribution in [1.29, 1.82) is 0 Å². The molecule has 0 amide bonds. The predicted octanol–water partition coefficient (Wildman–Crippen LogP) is -6.45. The van der Waals surface area contributed by atoms with Crippen LogP contribution in [-0.2, 0) is 21.7 Å². The quantitative estimate of drug-likeness (QED) is 0.301. The maximum Gasteiger partial charge on any atom is 3.00 e. The Morgan fingerprint density at radius 3 is 1.67 bits per heavy atom. The molecule has 0 heterocycles. The average molecular weight is 262 g/mol. The third-order valence-electron chi connectivity index (χ3n) is 0.586. The number of hydrogen-bond donors (Lipinski definition) is 0. The average Bonchev–Trinajstić information content (AvgIpc) is 2.17. The Labute approximate surface area is 109 Å². The molecule has 0 saturated carbocycles. The summed E-state index contributed by atoms with van der Waals surface area (Å²) in [5, 5.41) is 0. The zero-order valence-electron chi connectivity index (χ0n) is 7.15. The van der Waals surface area contributed by atoms with E-state index in [1.54, 1.807) is 0 Å². The van der Waals surface area contributed by atoms with Crippen molar-refractivity contribution in [2.75, 3.05) is 0 Å². The van der Waals surface area contributed by atoms with Gasteiger partial charge in [0.2, 0.25) is 0 Å². The van der Waals surface area contributed by atoms with E-state index in [0.717, 1.165) is 6.42 Å². The van der Waals surface area contributed by atoms with Gasteiger partial charge in [-0.05, 0) is 0 Å². The van der Waals surface area contributed by atoms with Gasteiger partial charge in [-0.15, -0.1) is 6.42 Å². The third-order valence-corrected chi connectivity index (χ3v) is 0.586. The molecule has 0 aromatic carbocycles. The van der Waals surface area contributed by atoms with Gasteiger partial charge in [-0.2, -0.15) is 19.9 Å². The summed E-state index contributed by atoms with van der Waals surface area (Å²) in [7, 11) is 0. The van der Waals surface area contributed by atoms with E-state index in [9.17, 15) is 0 Å². The van der Waals surface area contributed by atoms with Gasteiger partial charge in [-0.25, -0.2) is 12.2 Å². The minimum Gasteiger partial charge on any atom is -1.00 e. The van der Waals surface area contributed by atoms with Crippen LogP contribution in [0.1, 0.15) is 20.3 Å². The van der Waals surface area contributed by atoms with Gasteiger partial charge in [0.05, 0.1) is 0 Å². The fraction of sp³-hybridized carbons (Fsp3) is 0.375. The van der Waals surface area contributed by atoms with Crippen LogP contribution < -0.4 is 37.2 Å². The van der Waals surface area contributed by atoms with Crippen LogP contribution in [0.25, 0.3) is 0 Å². The molecule has 0 fully saturated rings. The Bertz CT molecular complexity index is 82.3. The molecular weight excluding hydrogens is 250 g/mol. The van der Waals surface area contributed by atoms with Crippen molar-refractivity contribution >= 4 is 0 Å². The molecule has 1 radical (unpaired) electrons. The van der Waals surface area contributed by atoms with Gasteiger partial charge in [0.1, 0.15) is 0 Å². The first kappa shape index (κ1) is 29.2. The molecule has 0 aliphatic heterocycles. The van der Waals surface area contributed by atoms with E-state index >= 15 is 0 Å². The standard InChI is InChI=1S/C5H5.C3H7.3ClH.Ti/c1-2-4-5-3-1;1-3-2;;;;/h1-3H,4H2;3H,1-2H3;3*1H;/q2*-1;;;;+3/p-3. The van der Waals surface area contributed by atoms with E-state index in [4.69, 9.17) is 0 Å². The summed E-state index contributed by atoms with van der Waals surface area (Å²) in [5.41, 5.74) is 0. The monoisotopic (exact) mass is 261 g/mol. The van der Waals surface area contributed by atoms with Gasteiger partial charge in [-0.3, -0.25) is 6.08 Å². The third kappa shape index (κ3) is 30.5. The molecule has 1 aliphatic rings. The number of halogens is 3. The van der Waals surface area contributed by atoms with Gasteiger partial charge in [0.25, 0.3) is 0 Å². The molecule has 1 aliphatic carbocycles. The Hall–Kier alpha value is 1.06. The predicted molar refractivity (Wildman–Crippen MR) is 37.2 cm³/mol. The minimum atomic E-state index is 0. The van der Waals surface area contributed by atoms with Gasteiger partial charge >= 0.3 is 21.7 Å². The summed E-state index contributed by atoms with van der Waals surface area (Å²) < 4.78 is 0. The van der Waals surface area contributed by atoms with Crippen LogP contribution in [0.5, 0.6) is 0 Å². The molecule has 0 N–H and O–H groups in total. The van der Waals surface area contributed by atoms with Gasteiger partial charge in [0.15, 0.2) is 0 Å². The maximum atomic E-state index is 2.99. The zero-order chi connectivity index (χ0) is 6.24. The Balaban J connectivity index is -0.0000000219. The van der Waals surface area contributed by atoms with E-state index in [1.165, 1.54) is 0 Å². The first-order valence-electron chi connectivity index (χ1n) is 2.87. The fourth-order valence-corrected chi connectivity index (χ4v) is 0.340. The summed E-state index contributed by atoms with van der Waals surface area (Å²) in [6, 6.07) is 0. The van der Waals surface area contributed by atoms with Gasteiger partial charge in [-0.1, -0.05) is 0 Å². The van der Waals surface area contributed by atoms with Crippen molar-refractivity contribution in [2.45, 2.75) is 20.3 Å². The van der Waals surface area contributed by atoms with E-state index in [1.807, 2.05) is 32.4 Å². The molecule has 4 heteroatoms. The van der Waals surface area contributed by atoms with E-state index in [0.29, 0.717) is 0 Å². The molecule has 0 atom stereocenters.